The molecule has 4 nitrogen and oxygen atoms in total. The van der Waals surface area contributed by atoms with Crippen LogP contribution in [0.2, 0.25) is 0 Å². The summed E-state index contributed by atoms with van der Waals surface area (Å²) in [5.74, 6) is 0.135. The van der Waals surface area contributed by atoms with Crippen molar-refractivity contribution < 1.29 is 14.3 Å². The second-order valence-electron chi connectivity index (χ2n) is 3.74. The topological polar surface area (TPSA) is 47.9 Å². The van der Waals surface area contributed by atoms with Gasteiger partial charge in [-0.3, -0.25) is 0 Å². The van der Waals surface area contributed by atoms with E-state index in [0.29, 0.717) is 25.5 Å². The van der Waals surface area contributed by atoms with Crippen LogP contribution >= 0.6 is 27.3 Å². The highest BCUT2D eigenvalue weighted by Gasteiger charge is 2.49. The summed E-state index contributed by atoms with van der Waals surface area (Å²) in [6.45, 7) is 0.905. The predicted octanol–water partition coefficient (Wildman–Crippen LogP) is 1.97. The Morgan fingerprint density at radius 1 is 1.50 bits per heavy atom. The number of ether oxygens (including phenoxy) is 2. The first kappa shape index (κ1) is 10.4. The lowest BCUT2D eigenvalue weighted by Crippen LogP contribution is -2.33. The van der Waals surface area contributed by atoms with E-state index in [-0.39, 0.29) is 5.97 Å². The van der Waals surface area contributed by atoms with E-state index in [1.165, 1.54) is 11.3 Å². The van der Waals surface area contributed by atoms with E-state index in [1.54, 1.807) is 0 Å². The van der Waals surface area contributed by atoms with Gasteiger partial charge in [-0.2, -0.15) is 0 Å². The summed E-state index contributed by atoms with van der Waals surface area (Å²) in [4.78, 5) is 17.0. The molecule has 0 aliphatic carbocycles. The van der Waals surface area contributed by atoms with Crippen molar-refractivity contribution in [1.82, 2.24) is 0 Å². The third kappa shape index (κ3) is 1.52. The van der Waals surface area contributed by atoms with Crippen LogP contribution in [0.1, 0.15) is 11.3 Å². The van der Waals surface area contributed by atoms with Gasteiger partial charge in [-0.15, -0.1) is 11.3 Å². The maximum absolute atomic E-state index is 11.8. The fraction of sp³-hybridized carbons (Fsp3) is 0.400. The number of thiophene rings is 1. The zero-order valence-corrected chi connectivity index (χ0v) is 10.6. The molecule has 0 radical (unpaired) electrons. The van der Waals surface area contributed by atoms with Gasteiger partial charge >= 0.3 is 5.97 Å². The Kier molecular flexibility index (Phi) is 2.38. The van der Waals surface area contributed by atoms with Gasteiger partial charge in [0, 0.05) is 13.0 Å². The predicted molar refractivity (Wildman–Crippen MR) is 62.8 cm³/mol. The largest absolute Gasteiger partial charge is 0.404 e. The van der Waals surface area contributed by atoms with E-state index in [4.69, 9.17) is 9.47 Å². The third-order valence-electron chi connectivity index (χ3n) is 2.67. The number of aliphatic imine (C=N–C) groups is 1. The maximum atomic E-state index is 11.8. The second kappa shape index (κ2) is 3.65. The Morgan fingerprint density at radius 3 is 3.00 bits per heavy atom. The second-order valence-corrected chi connectivity index (χ2v) is 6.21. The number of carbonyl (C=O) groups excluding carboxylic acids is 1. The quantitative estimate of drug-likeness (QED) is 0.745. The van der Waals surface area contributed by atoms with Gasteiger partial charge in [-0.1, -0.05) is 0 Å². The average molecular weight is 302 g/mol. The van der Waals surface area contributed by atoms with Crippen molar-refractivity contribution in [3.63, 3.8) is 0 Å². The molecule has 2 aliphatic heterocycles. The highest BCUT2D eigenvalue weighted by molar-refractivity contribution is 9.11. The highest BCUT2D eigenvalue weighted by atomic mass is 79.9. The molecule has 1 aromatic heterocycles. The number of hydrogen-bond donors (Lipinski definition) is 0. The van der Waals surface area contributed by atoms with Crippen LogP contribution < -0.4 is 0 Å². The molecule has 1 spiro atoms. The molecule has 3 heterocycles. The molecular weight excluding hydrogens is 294 g/mol. The van der Waals surface area contributed by atoms with E-state index >= 15 is 0 Å². The van der Waals surface area contributed by atoms with Crippen LogP contribution in [-0.4, -0.2) is 30.6 Å². The van der Waals surface area contributed by atoms with Gasteiger partial charge in [0.1, 0.15) is 0 Å². The summed E-state index contributed by atoms with van der Waals surface area (Å²) in [5, 5.41) is 0. The zero-order chi connectivity index (χ0) is 11.2. The Bertz CT molecular complexity index is 476. The van der Waals surface area contributed by atoms with Gasteiger partial charge in [0.25, 0.3) is 0 Å². The summed E-state index contributed by atoms with van der Waals surface area (Å²) in [7, 11) is 0. The minimum atomic E-state index is -0.772. The number of rotatable bonds is 1. The molecule has 1 unspecified atom stereocenters. The molecule has 1 saturated heterocycles. The molecule has 2 aliphatic rings. The molecular formula is C10H8BrNO3S. The highest BCUT2D eigenvalue weighted by Crippen LogP contribution is 2.33. The lowest BCUT2D eigenvalue weighted by atomic mass is 10.0. The van der Waals surface area contributed by atoms with Crippen LogP contribution in [0.25, 0.3) is 0 Å². The molecule has 84 valence electrons. The summed E-state index contributed by atoms with van der Waals surface area (Å²) < 4.78 is 11.4. The molecule has 1 atom stereocenters. The number of carbonyl (C=O) groups is 1. The van der Waals surface area contributed by atoms with Crippen LogP contribution in [0, 0.1) is 0 Å². The zero-order valence-electron chi connectivity index (χ0n) is 8.23. The fourth-order valence-corrected chi connectivity index (χ4v) is 3.10. The van der Waals surface area contributed by atoms with Gasteiger partial charge in [-0.25, -0.2) is 9.79 Å². The first-order valence-corrected chi connectivity index (χ1v) is 6.46. The molecule has 0 N–H and O–H groups in total. The van der Waals surface area contributed by atoms with Crippen LogP contribution in [0.3, 0.4) is 0 Å². The molecule has 0 amide bonds. The van der Waals surface area contributed by atoms with Crippen molar-refractivity contribution in [3.05, 3.63) is 20.8 Å². The van der Waals surface area contributed by atoms with Gasteiger partial charge < -0.3 is 9.47 Å². The summed E-state index contributed by atoms with van der Waals surface area (Å²) >= 11 is 4.86. The standard InChI is InChI=1S/C10H8BrNO3S/c11-7-2-1-6(16-7)8-12-10(9(13)15-8)3-4-14-5-10/h1-2H,3-5H2. The SMILES string of the molecule is O=C1OC(c2ccc(Br)s2)=NC12CCOC2. The van der Waals surface area contributed by atoms with Gasteiger partial charge in [0.15, 0.2) is 5.54 Å². The minimum Gasteiger partial charge on any atom is -0.404 e. The number of cyclic esters (lactones) is 1. The van der Waals surface area contributed by atoms with Crippen LogP contribution in [-0.2, 0) is 14.3 Å². The summed E-state index contributed by atoms with van der Waals surface area (Å²) in [6.07, 6.45) is 0.613. The first-order valence-electron chi connectivity index (χ1n) is 4.85. The van der Waals surface area contributed by atoms with Crippen LogP contribution in [0.4, 0.5) is 0 Å². The molecule has 6 heteroatoms. The smallest absolute Gasteiger partial charge is 0.343 e. The van der Waals surface area contributed by atoms with Gasteiger partial charge in [-0.05, 0) is 28.1 Å². The van der Waals surface area contributed by atoms with Gasteiger partial charge in [0.05, 0.1) is 15.3 Å². The monoisotopic (exact) mass is 301 g/mol. The van der Waals surface area contributed by atoms with Crippen molar-refractivity contribution in [2.75, 3.05) is 13.2 Å². The average Bonchev–Trinajstić information content (AvgIpc) is 2.92. The Morgan fingerprint density at radius 2 is 2.38 bits per heavy atom. The molecule has 0 bridgehead atoms. The number of hydrogen-bond acceptors (Lipinski definition) is 5. The molecule has 1 aromatic rings. The Labute approximate surface area is 104 Å². The van der Waals surface area contributed by atoms with Crippen LogP contribution in [0.15, 0.2) is 20.9 Å². The van der Waals surface area contributed by atoms with Gasteiger partial charge in [0.2, 0.25) is 5.90 Å². The lowest BCUT2D eigenvalue weighted by Gasteiger charge is -2.10. The van der Waals surface area contributed by atoms with Crippen molar-refractivity contribution in [2.24, 2.45) is 4.99 Å². The molecule has 1 fully saturated rings. The van der Waals surface area contributed by atoms with Crippen molar-refractivity contribution in [3.8, 4) is 0 Å². The number of halogens is 1. The van der Waals surface area contributed by atoms with Crippen molar-refractivity contribution in [1.29, 1.82) is 0 Å². The Hall–Kier alpha value is -0.720. The minimum absolute atomic E-state index is 0.287. The molecule has 0 saturated carbocycles. The van der Waals surface area contributed by atoms with E-state index in [9.17, 15) is 4.79 Å². The first-order chi connectivity index (χ1) is 7.70. The molecule has 3 rings (SSSR count). The van der Waals surface area contributed by atoms with E-state index < -0.39 is 5.54 Å². The van der Waals surface area contributed by atoms with Crippen LogP contribution in [0.5, 0.6) is 0 Å². The maximum Gasteiger partial charge on any atom is 0.343 e. The molecule has 0 aromatic carbocycles. The number of nitrogens with zero attached hydrogens (tertiary/aromatic N) is 1. The fourth-order valence-electron chi connectivity index (χ4n) is 1.78. The van der Waals surface area contributed by atoms with Crippen molar-refractivity contribution >= 4 is 39.1 Å². The lowest BCUT2D eigenvalue weighted by molar-refractivity contribution is -0.138. The van der Waals surface area contributed by atoms with Crippen molar-refractivity contribution in [2.45, 2.75) is 12.0 Å². The van der Waals surface area contributed by atoms with E-state index in [2.05, 4.69) is 20.9 Å². The van der Waals surface area contributed by atoms with E-state index in [1.807, 2.05) is 12.1 Å². The van der Waals surface area contributed by atoms with E-state index in [0.717, 1.165) is 8.66 Å². The Balaban J connectivity index is 1.96. The molecule has 16 heavy (non-hydrogen) atoms. The summed E-state index contributed by atoms with van der Waals surface area (Å²) in [5.41, 5.74) is -0.772. The third-order valence-corrected chi connectivity index (χ3v) is 4.28. The normalized spacial score (nSPS) is 28.6. The number of esters is 1. The summed E-state index contributed by atoms with van der Waals surface area (Å²) in [6, 6.07) is 3.79.